The number of hydrogen-bond donors (Lipinski definition) is 3. The first-order valence-corrected chi connectivity index (χ1v) is 9.19. The Hall–Kier alpha value is -2.49. The minimum Gasteiger partial charge on any atom is -0.308 e. The first-order chi connectivity index (χ1) is 12.1. The normalized spacial score (nSPS) is 10.3. The lowest BCUT2D eigenvalue weighted by Gasteiger charge is -2.05. The fraction of sp³-hybridized carbons (Fsp3) is 0.0667. The van der Waals surface area contributed by atoms with E-state index in [9.17, 15) is 9.59 Å². The Kier molecular flexibility index (Phi) is 5.59. The van der Waals surface area contributed by atoms with Crippen LogP contribution in [0.2, 0.25) is 5.02 Å². The van der Waals surface area contributed by atoms with E-state index in [1.807, 2.05) is 0 Å². The number of urea groups is 1. The molecule has 0 atom stereocenters. The molecule has 0 saturated heterocycles. The lowest BCUT2D eigenvalue weighted by molar-refractivity contribution is -0.115. The van der Waals surface area contributed by atoms with Crippen LogP contribution < -0.4 is 16.0 Å². The van der Waals surface area contributed by atoms with Gasteiger partial charge in [-0.05, 0) is 24.3 Å². The predicted octanol–water partition coefficient (Wildman–Crippen LogP) is 4.08. The van der Waals surface area contributed by atoms with Gasteiger partial charge in [-0.15, -0.1) is 22.7 Å². The quantitative estimate of drug-likeness (QED) is 0.608. The van der Waals surface area contributed by atoms with Gasteiger partial charge in [0.2, 0.25) is 5.91 Å². The Bertz CT molecular complexity index is 864. The molecule has 2 heterocycles. The lowest BCUT2D eigenvalue weighted by atomic mass is 10.3. The maximum absolute atomic E-state index is 11.9. The summed E-state index contributed by atoms with van der Waals surface area (Å²) in [6.45, 7) is 0. The molecule has 3 N–H and O–H groups in total. The highest BCUT2D eigenvalue weighted by atomic mass is 35.5. The summed E-state index contributed by atoms with van der Waals surface area (Å²) in [5.41, 5.74) is 1.18. The molecule has 0 radical (unpaired) electrons. The number of nitrogens with zero attached hydrogens (tertiary/aromatic N) is 2. The van der Waals surface area contributed by atoms with Crippen LogP contribution in [0.3, 0.4) is 0 Å². The average molecular weight is 394 g/mol. The van der Waals surface area contributed by atoms with Gasteiger partial charge in [0.05, 0.1) is 12.1 Å². The molecule has 0 spiro atoms. The monoisotopic (exact) mass is 393 g/mol. The van der Waals surface area contributed by atoms with Crippen molar-refractivity contribution in [2.45, 2.75) is 6.42 Å². The van der Waals surface area contributed by atoms with Crippen molar-refractivity contribution in [2.75, 3.05) is 16.0 Å². The number of benzene rings is 1. The highest BCUT2D eigenvalue weighted by molar-refractivity contribution is 7.14. The van der Waals surface area contributed by atoms with E-state index in [4.69, 9.17) is 11.6 Å². The molecule has 10 heteroatoms. The van der Waals surface area contributed by atoms with E-state index in [0.717, 1.165) is 0 Å². The zero-order chi connectivity index (χ0) is 17.6. The van der Waals surface area contributed by atoms with E-state index in [-0.39, 0.29) is 12.3 Å². The molecule has 0 saturated carbocycles. The van der Waals surface area contributed by atoms with Crippen LogP contribution >= 0.6 is 34.3 Å². The molecular weight excluding hydrogens is 382 g/mol. The summed E-state index contributed by atoms with van der Waals surface area (Å²) in [7, 11) is 0. The van der Waals surface area contributed by atoms with Gasteiger partial charge in [-0.3, -0.25) is 10.1 Å². The SMILES string of the molecule is O=C(Cc1csc(NC(=O)Nc2ccc(Cl)cc2)n1)Nc1nccs1. The highest BCUT2D eigenvalue weighted by Crippen LogP contribution is 2.18. The van der Waals surface area contributed by atoms with Gasteiger partial charge in [-0.2, -0.15) is 0 Å². The summed E-state index contributed by atoms with van der Waals surface area (Å²) in [5.74, 6) is -0.211. The van der Waals surface area contributed by atoms with Crippen LogP contribution in [0.1, 0.15) is 5.69 Å². The van der Waals surface area contributed by atoms with Crippen LogP contribution in [-0.2, 0) is 11.2 Å². The Labute approximate surface area is 156 Å². The van der Waals surface area contributed by atoms with Gasteiger partial charge in [0, 0.05) is 27.7 Å². The standard InChI is InChI=1S/C15H12ClN5O2S2/c16-9-1-3-10(4-2-9)18-13(23)21-15-19-11(8-25-15)7-12(22)20-14-17-5-6-24-14/h1-6,8H,7H2,(H,17,20,22)(H2,18,19,21,23). The molecule has 7 nitrogen and oxygen atoms in total. The van der Waals surface area contributed by atoms with E-state index >= 15 is 0 Å². The van der Waals surface area contributed by atoms with E-state index in [0.29, 0.717) is 26.7 Å². The summed E-state index contributed by atoms with van der Waals surface area (Å²) >= 11 is 8.38. The molecule has 0 aliphatic carbocycles. The van der Waals surface area contributed by atoms with Crippen LogP contribution in [0.4, 0.5) is 20.7 Å². The summed E-state index contributed by atoms with van der Waals surface area (Å²) in [4.78, 5) is 32.0. The van der Waals surface area contributed by atoms with Crippen LogP contribution in [0.25, 0.3) is 0 Å². The van der Waals surface area contributed by atoms with Crippen molar-refractivity contribution in [2.24, 2.45) is 0 Å². The number of anilines is 3. The number of aromatic nitrogens is 2. The van der Waals surface area contributed by atoms with Crippen molar-refractivity contribution < 1.29 is 9.59 Å². The minimum atomic E-state index is -0.421. The van der Waals surface area contributed by atoms with Gasteiger partial charge in [0.25, 0.3) is 0 Å². The maximum Gasteiger partial charge on any atom is 0.325 e. The smallest absolute Gasteiger partial charge is 0.308 e. The second-order valence-electron chi connectivity index (χ2n) is 4.79. The summed E-state index contributed by atoms with van der Waals surface area (Å²) in [6.07, 6.45) is 1.72. The van der Waals surface area contributed by atoms with Crippen molar-refractivity contribution in [3.8, 4) is 0 Å². The Morgan fingerprint density at radius 2 is 1.84 bits per heavy atom. The van der Waals surface area contributed by atoms with Gasteiger partial charge in [-0.1, -0.05) is 11.6 Å². The fourth-order valence-electron chi connectivity index (χ4n) is 1.85. The Morgan fingerprint density at radius 3 is 2.56 bits per heavy atom. The maximum atomic E-state index is 11.9. The topological polar surface area (TPSA) is 96.0 Å². The van der Waals surface area contributed by atoms with Gasteiger partial charge in [-0.25, -0.2) is 14.8 Å². The second-order valence-corrected chi connectivity index (χ2v) is 6.98. The molecule has 0 bridgehead atoms. The number of nitrogens with one attached hydrogen (secondary N) is 3. The van der Waals surface area contributed by atoms with Crippen LogP contribution in [-0.4, -0.2) is 21.9 Å². The minimum absolute atomic E-state index is 0.108. The molecule has 3 rings (SSSR count). The zero-order valence-corrected chi connectivity index (χ0v) is 15.0. The summed E-state index contributed by atoms with van der Waals surface area (Å²) in [5, 5.41) is 13.0. The molecule has 0 fully saturated rings. The lowest BCUT2D eigenvalue weighted by Crippen LogP contribution is -2.19. The molecule has 3 amide bonds. The zero-order valence-electron chi connectivity index (χ0n) is 12.7. The first-order valence-electron chi connectivity index (χ1n) is 7.06. The third-order valence-corrected chi connectivity index (χ3v) is 4.64. The number of halogens is 1. The molecule has 0 aliphatic rings. The van der Waals surface area contributed by atoms with Crippen molar-refractivity contribution in [1.82, 2.24) is 9.97 Å². The summed E-state index contributed by atoms with van der Waals surface area (Å²) in [6, 6.07) is 6.32. The molecule has 2 aromatic heterocycles. The highest BCUT2D eigenvalue weighted by Gasteiger charge is 2.11. The van der Waals surface area contributed by atoms with E-state index < -0.39 is 6.03 Å². The average Bonchev–Trinajstić information content (AvgIpc) is 3.22. The van der Waals surface area contributed by atoms with Gasteiger partial charge >= 0.3 is 6.03 Å². The Morgan fingerprint density at radius 1 is 1.04 bits per heavy atom. The van der Waals surface area contributed by atoms with Crippen LogP contribution in [0.15, 0.2) is 41.2 Å². The van der Waals surface area contributed by atoms with Gasteiger partial charge in [0.1, 0.15) is 0 Å². The molecular formula is C15H12ClN5O2S2. The van der Waals surface area contributed by atoms with E-state index in [2.05, 4.69) is 25.9 Å². The first kappa shape index (κ1) is 17.3. The van der Waals surface area contributed by atoms with Crippen molar-refractivity contribution in [3.63, 3.8) is 0 Å². The van der Waals surface area contributed by atoms with Gasteiger partial charge < -0.3 is 10.6 Å². The number of carbonyl (C=O) groups excluding carboxylic acids is 2. The van der Waals surface area contributed by atoms with E-state index in [1.165, 1.54) is 22.7 Å². The number of amides is 3. The number of thiazole rings is 2. The van der Waals surface area contributed by atoms with Gasteiger partial charge in [0.15, 0.2) is 10.3 Å². The molecule has 25 heavy (non-hydrogen) atoms. The van der Waals surface area contributed by atoms with Crippen molar-refractivity contribution in [1.29, 1.82) is 0 Å². The predicted molar refractivity (Wildman–Crippen MR) is 101 cm³/mol. The number of hydrogen-bond acceptors (Lipinski definition) is 6. The fourth-order valence-corrected chi connectivity index (χ4v) is 3.23. The number of carbonyl (C=O) groups is 2. The molecule has 0 unspecified atom stereocenters. The van der Waals surface area contributed by atoms with E-state index in [1.54, 1.807) is 41.2 Å². The number of rotatable bonds is 5. The Balaban J connectivity index is 1.51. The summed E-state index contributed by atoms with van der Waals surface area (Å²) < 4.78 is 0. The molecule has 128 valence electrons. The van der Waals surface area contributed by atoms with Crippen LogP contribution in [0, 0.1) is 0 Å². The largest absolute Gasteiger partial charge is 0.325 e. The molecule has 1 aromatic carbocycles. The third kappa shape index (κ3) is 5.24. The van der Waals surface area contributed by atoms with Crippen LogP contribution in [0.5, 0.6) is 0 Å². The molecule has 3 aromatic rings. The van der Waals surface area contributed by atoms with Crippen molar-refractivity contribution in [3.05, 3.63) is 51.9 Å². The van der Waals surface area contributed by atoms with Crippen molar-refractivity contribution >= 4 is 62.2 Å². The molecule has 0 aliphatic heterocycles. The third-order valence-electron chi connectivity index (χ3n) is 2.89. The second kappa shape index (κ2) is 8.06.